The van der Waals surface area contributed by atoms with E-state index in [1.54, 1.807) is 32.4 Å². The summed E-state index contributed by atoms with van der Waals surface area (Å²) in [5.41, 5.74) is 0.781. The molecule has 5 heteroatoms. The molecule has 1 N–H and O–H groups in total. The van der Waals surface area contributed by atoms with Gasteiger partial charge in [0.15, 0.2) is 5.75 Å². The molecule has 1 fully saturated rings. The van der Waals surface area contributed by atoms with E-state index in [-0.39, 0.29) is 6.09 Å². The Labute approximate surface area is 126 Å². The van der Waals surface area contributed by atoms with Crippen molar-refractivity contribution < 1.29 is 9.53 Å². The van der Waals surface area contributed by atoms with Gasteiger partial charge in [0, 0.05) is 26.8 Å². The first-order valence-corrected chi connectivity index (χ1v) is 7.70. The summed E-state index contributed by atoms with van der Waals surface area (Å²) in [5.74, 6) is 1.31. The standard InChI is InChI=1S/C16H25N3O2/c1-19(2)16(20)21-15-9-6-10-18-14(15)12-17-11-13-7-4-3-5-8-13/h6,9-10,13,17H,3-5,7-8,11-12H2,1-2H3. The molecule has 0 atom stereocenters. The summed E-state index contributed by atoms with van der Waals surface area (Å²) in [5, 5.41) is 3.45. The van der Waals surface area contributed by atoms with E-state index in [1.165, 1.54) is 37.0 Å². The lowest BCUT2D eigenvalue weighted by Crippen LogP contribution is -2.27. The molecule has 1 saturated carbocycles. The van der Waals surface area contributed by atoms with Crippen LogP contribution in [0.4, 0.5) is 4.79 Å². The zero-order chi connectivity index (χ0) is 15.1. The van der Waals surface area contributed by atoms with Gasteiger partial charge in [0.1, 0.15) is 0 Å². The molecule has 0 radical (unpaired) electrons. The minimum Gasteiger partial charge on any atom is -0.408 e. The predicted octanol–water partition coefficient (Wildman–Crippen LogP) is 2.81. The number of hydrogen-bond donors (Lipinski definition) is 1. The van der Waals surface area contributed by atoms with E-state index < -0.39 is 0 Å². The van der Waals surface area contributed by atoms with Crippen molar-refractivity contribution in [2.45, 2.75) is 38.6 Å². The number of pyridine rings is 1. The van der Waals surface area contributed by atoms with Crippen molar-refractivity contribution in [3.63, 3.8) is 0 Å². The van der Waals surface area contributed by atoms with Crippen LogP contribution in [0.1, 0.15) is 37.8 Å². The van der Waals surface area contributed by atoms with Gasteiger partial charge in [-0.25, -0.2) is 4.79 Å². The Bertz CT molecular complexity index is 457. The van der Waals surface area contributed by atoms with Gasteiger partial charge >= 0.3 is 6.09 Å². The summed E-state index contributed by atoms with van der Waals surface area (Å²) in [6, 6.07) is 3.56. The SMILES string of the molecule is CN(C)C(=O)Oc1cccnc1CNCC1CCCCC1. The third-order valence-corrected chi connectivity index (χ3v) is 3.86. The molecule has 0 aromatic carbocycles. The zero-order valence-corrected chi connectivity index (χ0v) is 13.0. The van der Waals surface area contributed by atoms with Crippen molar-refractivity contribution in [3.05, 3.63) is 24.0 Å². The molecule has 5 nitrogen and oxygen atoms in total. The normalized spacial score (nSPS) is 15.7. The van der Waals surface area contributed by atoms with Crippen molar-refractivity contribution >= 4 is 6.09 Å². The second-order valence-electron chi connectivity index (χ2n) is 5.85. The number of carbonyl (C=O) groups excluding carboxylic acids is 1. The molecule has 1 heterocycles. The van der Waals surface area contributed by atoms with Gasteiger partial charge < -0.3 is 15.0 Å². The highest BCUT2D eigenvalue weighted by Gasteiger charge is 2.14. The second-order valence-corrected chi connectivity index (χ2v) is 5.85. The Balaban J connectivity index is 1.85. The Morgan fingerprint density at radius 2 is 2.14 bits per heavy atom. The van der Waals surface area contributed by atoms with Crippen LogP contribution in [-0.4, -0.2) is 36.6 Å². The summed E-state index contributed by atoms with van der Waals surface area (Å²) < 4.78 is 5.33. The number of rotatable bonds is 5. The fourth-order valence-corrected chi connectivity index (χ4v) is 2.62. The van der Waals surface area contributed by atoms with Gasteiger partial charge in [0.2, 0.25) is 0 Å². The summed E-state index contributed by atoms with van der Waals surface area (Å²) in [6.07, 6.45) is 8.06. The van der Waals surface area contributed by atoms with E-state index in [4.69, 9.17) is 4.74 Å². The van der Waals surface area contributed by atoms with Crippen LogP contribution in [0.25, 0.3) is 0 Å². The highest BCUT2D eigenvalue weighted by Crippen LogP contribution is 2.23. The van der Waals surface area contributed by atoms with E-state index in [0.29, 0.717) is 12.3 Å². The van der Waals surface area contributed by atoms with Crippen LogP contribution in [-0.2, 0) is 6.54 Å². The van der Waals surface area contributed by atoms with E-state index in [1.807, 2.05) is 0 Å². The molecule has 116 valence electrons. The van der Waals surface area contributed by atoms with Gasteiger partial charge in [0.25, 0.3) is 0 Å². The fraction of sp³-hybridized carbons (Fsp3) is 0.625. The first-order chi connectivity index (χ1) is 10.2. The summed E-state index contributed by atoms with van der Waals surface area (Å²) in [4.78, 5) is 17.4. The molecule has 1 aromatic rings. The molecular weight excluding hydrogens is 266 g/mol. The largest absolute Gasteiger partial charge is 0.414 e. The van der Waals surface area contributed by atoms with E-state index in [9.17, 15) is 4.79 Å². The first kappa shape index (κ1) is 15.8. The summed E-state index contributed by atoms with van der Waals surface area (Å²) in [7, 11) is 3.33. The molecule has 0 spiro atoms. The van der Waals surface area contributed by atoms with E-state index >= 15 is 0 Å². The zero-order valence-electron chi connectivity index (χ0n) is 13.0. The smallest absolute Gasteiger partial charge is 0.408 e. The molecule has 1 aliphatic carbocycles. The maximum Gasteiger partial charge on any atom is 0.414 e. The lowest BCUT2D eigenvalue weighted by Gasteiger charge is -2.22. The Morgan fingerprint density at radius 1 is 1.38 bits per heavy atom. The maximum atomic E-state index is 11.6. The van der Waals surface area contributed by atoms with Crippen molar-refractivity contribution in [2.75, 3.05) is 20.6 Å². The molecular formula is C16H25N3O2. The molecule has 0 bridgehead atoms. The van der Waals surface area contributed by atoms with Crippen LogP contribution >= 0.6 is 0 Å². The van der Waals surface area contributed by atoms with Crippen molar-refractivity contribution in [1.82, 2.24) is 15.2 Å². The number of amides is 1. The highest BCUT2D eigenvalue weighted by molar-refractivity contribution is 5.70. The lowest BCUT2D eigenvalue weighted by atomic mass is 9.89. The Kier molecular flexibility index (Phi) is 5.99. The number of aromatic nitrogens is 1. The van der Waals surface area contributed by atoms with Crippen LogP contribution in [0.3, 0.4) is 0 Å². The average Bonchev–Trinajstić information content (AvgIpc) is 2.50. The number of hydrogen-bond acceptors (Lipinski definition) is 4. The van der Waals surface area contributed by atoms with Gasteiger partial charge in [0.05, 0.1) is 5.69 Å². The quantitative estimate of drug-likeness (QED) is 0.906. The summed E-state index contributed by atoms with van der Waals surface area (Å²) >= 11 is 0. The average molecular weight is 291 g/mol. The van der Waals surface area contributed by atoms with Crippen LogP contribution in [0, 0.1) is 5.92 Å². The van der Waals surface area contributed by atoms with Gasteiger partial charge in [-0.3, -0.25) is 4.98 Å². The van der Waals surface area contributed by atoms with E-state index in [0.717, 1.165) is 18.2 Å². The van der Waals surface area contributed by atoms with Crippen LogP contribution in [0.15, 0.2) is 18.3 Å². The van der Waals surface area contributed by atoms with Crippen molar-refractivity contribution in [1.29, 1.82) is 0 Å². The number of nitrogens with one attached hydrogen (secondary N) is 1. The topological polar surface area (TPSA) is 54.5 Å². The monoisotopic (exact) mass is 291 g/mol. The van der Waals surface area contributed by atoms with Crippen LogP contribution < -0.4 is 10.1 Å². The molecule has 1 aromatic heterocycles. The summed E-state index contributed by atoms with van der Waals surface area (Å²) in [6.45, 7) is 1.64. The van der Waals surface area contributed by atoms with Crippen LogP contribution in [0.2, 0.25) is 0 Å². The molecule has 0 saturated heterocycles. The molecule has 21 heavy (non-hydrogen) atoms. The maximum absolute atomic E-state index is 11.6. The van der Waals surface area contributed by atoms with Crippen LogP contribution in [0.5, 0.6) is 5.75 Å². The fourth-order valence-electron chi connectivity index (χ4n) is 2.62. The highest BCUT2D eigenvalue weighted by atomic mass is 16.6. The van der Waals surface area contributed by atoms with Gasteiger partial charge in [-0.15, -0.1) is 0 Å². The Morgan fingerprint density at radius 3 is 2.86 bits per heavy atom. The lowest BCUT2D eigenvalue weighted by molar-refractivity contribution is 0.171. The third kappa shape index (κ3) is 5.01. The van der Waals surface area contributed by atoms with Gasteiger partial charge in [-0.2, -0.15) is 0 Å². The van der Waals surface area contributed by atoms with Crippen molar-refractivity contribution in [3.8, 4) is 5.75 Å². The predicted molar refractivity (Wildman–Crippen MR) is 82.2 cm³/mol. The molecule has 2 rings (SSSR count). The number of ether oxygens (including phenoxy) is 1. The molecule has 1 aliphatic rings. The molecule has 0 unspecified atom stereocenters. The first-order valence-electron chi connectivity index (χ1n) is 7.70. The number of carbonyl (C=O) groups is 1. The Hall–Kier alpha value is -1.62. The minimum absolute atomic E-state index is 0.378. The minimum atomic E-state index is -0.378. The van der Waals surface area contributed by atoms with Gasteiger partial charge in [-0.1, -0.05) is 19.3 Å². The number of nitrogens with zero attached hydrogens (tertiary/aromatic N) is 2. The molecule has 0 aliphatic heterocycles. The molecule has 1 amide bonds. The van der Waals surface area contributed by atoms with Gasteiger partial charge in [-0.05, 0) is 37.4 Å². The third-order valence-electron chi connectivity index (χ3n) is 3.86. The van der Waals surface area contributed by atoms with Crippen molar-refractivity contribution in [2.24, 2.45) is 5.92 Å². The second kappa shape index (κ2) is 7.98. The van der Waals surface area contributed by atoms with E-state index in [2.05, 4.69) is 10.3 Å².